The number of ether oxygens (including phenoxy) is 1. The van der Waals surface area contributed by atoms with Crippen LogP contribution in [0.5, 0.6) is 5.75 Å². The van der Waals surface area contributed by atoms with E-state index in [-0.39, 0.29) is 12.4 Å². The molecular weight excluding hydrogens is 394 g/mol. The molecule has 0 atom stereocenters. The monoisotopic (exact) mass is 406 g/mol. The van der Waals surface area contributed by atoms with E-state index in [4.69, 9.17) is 27.9 Å². The quantitative estimate of drug-likeness (QED) is 0.478. The minimum absolute atomic E-state index is 0.256. The van der Waals surface area contributed by atoms with E-state index in [0.717, 1.165) is 5.56 Å². The zero-order chi connectivity index (χ0) is 19.2. The molecule has 27 heavy (non-hydrogen) atoms. The predicted octanol–water partition coefficient (Wildman–Crippen LogP) is 4.05. The molecule has 0 aliphatic heterocycles. The number of hydrogen-bond acceptors (Lipinski definition) is 4. The highest BCUT2D eigenvalue weighted by molar-refractivity contribution is 6.42. The van der Waals surface area contributed by atoms with Crippen molar-refractivity contribution < 1.29 is 13.9 Å². The number of amides is 1. The molecule has 138 valence electrons. The first-order valence-corrected chi connectivity index (χ1v) is 8.47. The largest absolute Gasteiger partial charge is 0.484 e. The molecule has 3 rings (SSSR count). The molecule has 2 N–H and O–H groups in total. The van der Waals surface area contributed by atoms with E-state index in [2.05, 4.69) is 20.7 Å². The number of carbonyl (C=O) groups is 1. The van der Waals surface area contributed by atoms with Crippen LogP contribution in [0.3, 0.4) is 0 Å². The Labute approximate surface area is 164 Å². The first-order chi connectivity index (χ1) is 13.0. The molecule has 1 amide bonds. The highest BCUT2D eigenvalue weighted by Crippen LogP contribution is 2.28. The topological polar surface area (TPSA) is 79.4 Å². The summed E-state index contributed by atoms with van der Waals surface area (Å²) >= 11 is 12.0. The van der Waals surface area contributed by atoms with Crippen LogP contribution in [0.25, 0.3) is 11.3 Å². The van der Waals surface area contributed by atoms with Crippen molar-refractivity contribution in [3.8, 4) is 17.0 Å². The van der Waals surface area contributed by atoms with Crippen LogP contribution in [0, 0.1) is 5.82 Å². The molecule has 9 heteroatoms. The van der Waals surface area contributed by atoms with Crippen molar-refractivity contribution in [2.75, 3.05) is 6.61 Å². The van der Waals surface area contributed by atoms with Gasteiger partial charge in [0.1, 0.15) is 11.6 Å². The summed E-state index contributed by atoms with van der Waals surface area (Å²) in [6.45, 7) is -0.256. The molecule has 0 unspecified atom stereocenters. The Morgan fingerprint density at radius 3 is 2.74 bits per heavy atom. The summed E-state index contributed by atoms with van der Waals surface area (Å²) < 4.78 is 18.0. The average Bonchev–Trinajstić information content (AvgIpc) is 3.12. The van der Waals surface area contributed by atoms with Crippen LogP contribution in [0.2, 0.25) is 10.0 Å². The number of hydrazone groups is 1. The van der Waals surface area contributed by atoms with E-state index in [1.807, 2.05) is 0 Å². The number of aromatic nitrogens is 2. The third-order valence-corrected chi connectivity index (χ3v) is 4.19. The standard InChI is InChI=1S/C18H13Cl2FN4O2/c19-15-6-1-11(7-16(15)20)18-12(9-23-25-18)8-22-24-17(26)10-27-14-4-2-13(21)3-5-14/h1-9H,10H2,(H,23,25)(H,24,26). The van der Waals surface area contributed by atoms with Crippen molar-refractivity contribution in [3.05, 3.63) is 70.1 Å². The second-order valence-corrected chi connectivity index (χ2v) is 6.18. The Kier molecular flexibility index (Phi) is 6.05. The lowest BCUT2D eigenvalue weighted by Crippen LogP contribution is -2.24. The van der Waals surface area contributed by atoms with Crippen molar-refractivity contribution in [1.82, 2.24) is 15.6 Å². The molecule has 2 aromatic carbocycles. The van der Waals surface area contributed by atoms with Gasteiger partial charge in [0, 0.05) is 11.1 Å². The minimum Gasteiger partial charge on any atom is -0.484 e. The fourth-order valence-electron chi connectivity index (χ4n) is 2.16. The Balaban J connectivity index is 1.58. The smallest absolute Gasteiger partial charge is 0.277 e. The zero-order valence-electron chi connectivity index (χ0n) is 13.7. The van der Waals surface area contributed by atoms with Crippen LogP contribution in [0.4, 0.5) is 4.39 Å². The first-order valence-electron chi connectivity index (χ1n) is 7.72. The van der Waals surface area contributed by atoms with Gasteiger partial charge in [-0.25, -0.2) is 9.82 Å². The van der Waals surface area contributed by atoms with Crippen molar-refractivity contribution in [2.45, 2.75) is 0 Å². The molecule has 0 aliphatic carbocycles. The maximum Gasteiger partial charge on any atom is 0.277 e. The number of aromatic amines is 1. The second-order valence-electron chi connectivity index (χ2n) is 5.37. The van der Waals surface area contributed by atoms with Crippen LogP contribution in [-0.4, -0.2) is 28.9 Å². The number of rotatable bonds is 6. The highest BCUT2D eigenvalue weighted by Gasteiger charge is 2.08. The number of nitrogens with zero attached hydrogens (tertiary/aromatic N) is 2. The number of nitrogens with one attached hydrogen (secondary N) is 2. The summed E-state index contributed by atoms with van der Waals surface area (Å²) in [5, 5.41) is 11.6. The summed E-state index contributed by atoms with van der Waals surface area (Å²) in [5.74, 6) is -0.461. The second kappa shape index (κ2) is 8.66. The van der Waals surface area contributed by atoms with Crippen LogP contribution in [-0.2, 0) is 4.79 Å². The lowest BCUT2D eigenvalue weighted by Gasteiger charge is -2.04. The van der Waals surface area contributed by atoms with Gasteiger partial charge in [-0.3, -0.25) is 9.89 Å². The van der Waals surface area contributed by atoms with Crippen LogP contribution < -0.4 is 10.2 Å². The molecule has 0 spiro atoms. The molecule has 3 aromatic rings. The molecule has 0 bridgehead atoms. The van der Waals surface area contributed by atoms with Crippen LogP contribution in [0.1, 0.15) is 5.56 Å². The van der Waals surface area contributed by atoms with Crippen molar-refractivity contribution >= 4 is 35.3 Å². The van der Waals surface area contributed by atoms with Crippen molar-refractivity contribution in [1.29, 1.82) is 0 Å². The Bertz CT molecular complexity index is 974. The molecule has 0 saturated heterocycles. The van der Waals surface area contributed by atoms with Crippen molar-refractivity contribution in [3.63, 3.8) is 0 Å². The maximum absolute atomic E-state index is 12.8. The average molecular weight is 407 g/mol. The number of halogens is 3. The maximum atomic E-state index is 12.8. The summed E-state index contributed by atoms with van der Waals surface area (Å²) in [4.78, 5) is 11.8. The van der Waals surface area contributed by atoms with Gasteiger partial charge in [0.25, 0.3) is 5.91 Å². The lowest BCUT2D eigenvalue weighted by atomic mass is 10.1. The van der Waals surface area contributed by atoms with Crippen LogP contribution in [0.15, 0.2) is 53.8 Å². The number of hydrogen-bond donors (Lipinski definition) is 2. The van der Waals surface area contributed by atoms with Gasteiger partial charge in [0.2, 0.25) is 0 Å². The summed E-state index contributed by atoms with van der Waals surface area (Å²) in [6.07, 6.45) is 3.00. The molecule has 0 radical (unpaired) electrons. The van der Waals surface area contributed by atoms with Crippen molar-refractivity contribution in [2.24, 2.45) is 5.10 Å². The number of benzene rings is 2. The van der Waals surface area contributed by atoms with Gasteiger partial charge in [0.05, 0.1) is 28.2 Å². The molecule has 6 nitrogen and oxygen atoms in total. The first kappa shape index (κ1) is 18.9. The van der Waals surface area contributed by atoms with Gasteiger partial charge in [0.15, 0.2) is 6.61 Å². The minimum atomic E-state index is -0.463. The van der Waals surface area contributed by atoms with Gasteiger partial charge in [-0.15, -0.1) is 0 Å². The number of H-pyrrole nitrogens is 1. The SMILES string of the molecule is O=C(COc1ccc(F)cc1)NN=Cc1cn[nH]c1-c1ccc(Cl)c(Cl)c1. The molecular formula is C18H13Cl2FN4O2. The molecule has 0 aliphatic rings. The fourth-order valence-corrected chi connectivity index (χ4v) is 2.46. The summed E-state index contributed by atoms with van der Waals surface area (Å²) in [7, 11) is 0. The third-order valence-electron chi connectivity index (χ3n) is 3.45. The highest BCUT2D eigenvalue weighted by atomic mass is 35.5. The normalized spacial score (nSPS) is 10.9. The Morgan fingerprint density at radius 1 is 1.22 bits per heavy atom. The van der Waals surface area contributed by atoms with E-state index in [1.165, 1.54) is 30.5 Å². The van der Waals surface area contributed by atoms with Gasteiger partial charge in [-0.2, -0.15) is 10.2 Å². The lowest BCUT2D eigenvalue weighted by molar-refractivity contribution is -0.123. The van der Waals surface area contributed by atoms with E-state index in [0.29, 0.717) is 27.1 Å². The van der Waals surface area contributed by atoms with E-state index < -0.39 is 5.91 Å². The Hall–Kier alpha value is -2.90. The third kappa shape index (κ3) is 5.06. The zero-order valence-corrected chi connectivity index (χ0v) is 15.3. The van der Waals surface area contributed by atoms with E-state index >= 15 is 0 Å². The Morgan fingerprint density at radius 2 is 2.00 bits per heavy atom. The molecule has 0 fully saturated rings. The van der Waals surface area contributed by atoms with Crippen LogP contribution >= 0.6 is 23.2 Å². The fraction of sp³-hybridized carbons (Fsp3) is 0.0556. The number of carbonyl (C=O) groups excluding carboxylic acids is 1. The van der Waals surface area contributed by atoms with E-state index in [1.54, 1.807) is 24.4 Å². The summed E-state index contributed by atoms with van der Waals surface area (Å²) in [5.41, 5.74) is 4.44. The molecule has 0 saturated carbocycles. The van der Waals surface area contributed by atoms with Gasteiger partial charge < -0.3 is 4.74 Å². The predicted molar refractivity (Wildman–Crippen MR) is 102 cm³/mol. The van der Waals surface area contributed by atoms with Gasteiger partial charge in [-0.1, -0.05) is 29.3 Å². The summed E-state index contributed by atoms with van der Waals surface area (Å²) in [6, 6.07) is 10.5. The van der Waals surface area contributed by atoms with Gasteiger partial charge >= 0.3 is 0 Å². The van der Waals surface area contributed by atoms with Gasteiger partial charge in [-0.05, 0) is 36.4 Å². The molecule has 1 aromatic heterocycles. The molecule has 1 heterocycles. The van der Waals surface area contributed by atoms with E-state index in [9.17, 15) is 9.18 Å².